The first-order chi connectivity index (χ1) is 11.6. The monoisotopic (exact) mass is 350 g/mol. The molecular weight excluding hydrogens is 332 g/mol. The van der Waals surface area contributed by atoms with Gasteiger partial charge in [-0.2, -0.15) is 9.36 Å². The fraction of sp³-hybridized carbons (Fsp3) is 0.538. The van der Waals surface area contributed by atoms with Gasteiger partial charge in [-0.1, -0.05) is 6.92 Å². The molecule has 2 aromatic heterocycles. The van der Waals surface area contributed by atoms with Crippen molar-refractivity contribution < 1.29 is 4.92 Å². The summed E-state index contributed by atoms with van der Waals surface area (Å²) in [7, 11) is 0. The van der Waals surface area contributed by atoms with Crippen LogP contribution in [0.15, 0.2) is 6.20 Å². The topological polar surface area (TPSA) is 127 Å². The fourth-order valence-electron chi connectivity index (χ4n) is 2.50. The van der Waals surface area contributed by atoms with Gasteiger partial charge in [-0.3, -0.25) is 10.1 Å². The van der Waals surface area contributed by atoms with Crippen LogP contribution in [0.25, 0.3) is 0 Å². The Morgan fingerprint density at radius 2 is 2.04 bits per heavy atom. The number of aromatic nitrogens is 4. The zero-order valence-corrected chi connectivity index (χ0v) is 14.1. The van der Waals surface area contributed by atoms with Gasteiger partial charge in [0.25, 0.3) is 0 Å². The molecule has 128 valence electrons. The summed E-state index contributed by atoms with van der Waals surface area (Å²) in [5, 5.41) is 11.7. The lowest BCUT2D eigenvalue weighted by atomic mass is 10.4. The van der Waals surface area contributed by atoms with E-state index in [9.17, 15) is 10.1 Å². The Balaban J connectivity index is 1.71. The zero-order valence-electron chi connectivity index (χ0n) is 13.3. The first-order valence-electron chi connectivity index (χ1n) is 7.68. The number of nitro groups is 1. The average Bonchev–Trinajstić information content (AvgIpc) is 2.91. The van der Waals surface area contributed by atoms with E-state index in [-0.39, 0.29) is 11.5 Å². The Hall–Kier alpha value is -2.56. The molecule has 0 atom stereocenters. The van der Waals surface area contributed by atoms with Gasteiger partial charge >= 0.3 is 5.69 Å². The number of nitrogen functional groups attached to an aromatic ring is 1. The first kappa shape index (κ1) is 16.3. The molecule has 11 heteroatoms. The second kappa shape index (κ2) is 6.91. The highest BCUT2D eigenvalue weighted by Crippen LogP contribution is 2.23. The minimum atomic E-state index is -0.579. The summed E-state index contributed by atoms with van der Waals surface area (Å²) < 4.78 is 4.33. The Labute approximate surface area is 142 Å². The van der Waals surface area contributed by atoms with Crippen LogP contribution in [0.4, 0.5) is 22.6 Å². The van der Waals surface area contributed by atoms with Crippen LogP contribution in [0.5, 0.6) is 0 Å². The highest BCUT2D eigenvalue weighted by atomic mass is 32.1. The van der Waals surface area contributed by atoms with Crippen LogP contribution in [-0.2, 0) is 6.42 Å². The molecule has 0 unspecified atom stereocenters. The van der Waals surface area contributed by atoms with Gasteiger partial charge in [-0.05, 0) is 6.42 Å². The van der Waals surface area contributed by atoms with E-state index in [0.29, 0.717) is 12.5 Å². The van der Waals surface area contributed by atoms with Crippen LogP contribution < -0.4 is 15.5 Å². The van der Waals surface area contributed by atoms with Gasteiger partial charge in [-0.25, -0.2) is 9.97 Å². The molecule has 0 aromatic carbocycles. The Morgan fingerprint density at radius 1 is 1.29 bits per heavy atom. The summed E-state index contributed by atoms with van der Waals surface area (Å²) in [4.78, 5) is 27.1. The van der Waals surface area contributed by atoms with Crippen molar-refractivity contribution in [2.45, 2.75) is 19.8 Å². The minimum Gasteiger partial charge on any atom is -0.378 e. The van der Waals surface area contributed by atoms with Crippen LogP contribution in [-0.4, -0.2) is 50.4 Å². The van der Waals surface area contributed by atoms with E-state index < -0.39 is 4.92 Å². The third-order valence-corrected chi connectivity index (χ3v) is 4.62. The van der Waals surface area contributed by atoms with Crippen LogP contribution in [0.1, 0.15) is 19.2 Å². The van der Waals surface area contributed by atoms with Gasteiger partial charge in [0.2, 0.25) is 16.9 Å². The molecule has 0 saturated carbocycles. The number of anilines is 3. The summed E-state index contributed by atoms with van der Waals surface area (Å²) in [6.07, 6.45) is 2.90. The normalized spacial score (nSPS) is 15.4. The number of hydrogen-bond acceptors (Lipinski definition) is 10. The van der Waals surface area contributed by atoms with Crippen molar-refractivity contribution in [1.82, 2.24) is 19.3 Å². The zero-order chi connectivity index (χ0) is 17.1. The van der Waals surface area contributed by atoms with E-state index in [1.54, 1.807) is 0 Å². The van der Waals surface area contributed by atoms with E-state index in [1.165, 1.54) is 17.7 Å². The van der Waals surface area contributed by atoms with Gasteiger partial charge in [0, 0.05) is 44.1 Å². The van der Waals surface area contributed by atoms with Crippen molar-refractivity contribution in [3.8, 4) is 0 Å². The summed E-state index contributed by atoms with van der Waals surface area (Å²) in [5.41, 5.74) is 5.39. The summed E-state index contributed by atoms with van der Waals surface area (Å²) in [5.74, 6) is 1.18. The lowest BCUT2D eigenvalue weighted by Crippen LogP contribution is -2.31. The van der Waals surface area contributed by atoms with Crippen molar-refractivity contribution in [2.24, 2.45) is 0 Å². The SMILES string of the molecule is CCc1nsc(N2CCCN(c3ncc([N+](=O)[O-])c(N)n3)CC2)n1. The number of hydrogen-bond donors (Lipinski definition) is 1. The van der Waals surface area contributed by atoms with Crippen LogP contribution >= 0.6 is 11.5 Å². The molecule has 1 saturated heterocycles. The average molecular weight is 350 g/mol. The largest absolute Gasteiger partial charge is 0.378 e. The lowest BCUT2D eigenvalue weighted by molar-refractivity contribution is -0.384. The quantitative estimate of drug-likeness (QED) is 0.636. The van der Waals surface area contributed by atoms with Crippen LogP contribution in [0.3, 0.4) is 0 Å². The van der Waals surface area contributed by atoms with E-state index in [1.807, 2.05) is 11.8 Å². The molecule has 24 heavy (non-hydrogen) atoms. The Kier molecular flexibility index (Phi) is 4.69. The smallest absolute Gasteiger partial charge is 0.329 e. The standard InChI is InChI=1S/C13H18N8O2S/c1-2-10-16-13(24-18-10)20-5-3-4-19(6-7-20)12-15-8-9(21(22)23)11(14)17-12/h8H,2-7H2,1H3,(H2,14,15,17). The molecule has 0 spiro atoms. The van der Waals surface area contributed by atoms with Gasteiger partial charge in [-0.15, -0.1) is 0 Å². The van der Waals surface area contributed by atoms with E-state index in [4.69, 9.17) is 5.73 Å². The molecule has 0 radical (unpaired) electrons. The second-order valence-corrected chi connectivity index (χ2v) is 6.10. The highest BCUT2D eigenvalue weighted by molar-refractivity contribution is 7.09. The molecular formula is C13H18N8O2S. The second-order valence-electron chi connectivity index (χ2n) is 5.37. The van der Waals surface area contributed by atoms with Crippen molar-refractivity contribution >= 4 is 34.1 Å². The molecule has 3 rings (SSSR count). The third-order valence-electron chi connectivity index (χ3n) is 3.80. The van der Waals surface area contributed by atoms with Crippen molar-refractivity contribution in [2.75, 3.05) is 41.7 Å². The molecule has 1 aliphatic heterocycles. The van der Waals surface area contributed by atoms with Crippen molar-refractivity contribution in [3.63, 3.8) is 0 Å². The molecule has 10 nitrogen and oxygen atoms in total. The number of rotatable bonds is 4. The third kappa shape index (κ3) is 3.35. The fourth-order valence-corrected chi connectivity index (χ4v) is 3.30. The Morgan fingerprint density at radius 3 is 2.71 bits per heavy atom. The molecule has 0 bridgehead atoms. The number of nitrogens with zero attached hydrogens (tertiary/aromatic N) is 7. The summed E-state index contributed by atoms with van der Waals surface area (Å²) in [6.45, 7) is 5.12. The van der Waals surface area contributed by atoms with E-state index in [0.717, 1.165) is 43.4 Å². The van der Waals surface area contributed by atoms with Crippen molar-refractivity contribution in [3.05, 3.63) is 22.1 Å². The lowest BCUT2D eigenvalue weighted by Gasteiger charge is -2.21. The molecule has 1 aliphatic rings. The molecule has 2 N–H and O–H groups in total. The molecule has 0 amide bonds. The first-order valence-corrected chi connectivity index (χ1v) is 8.45. The predicted molar refractivity (Wildman–Crippen MR) is 91.4 cm³/mol. The maximum Gasteiger partial charge on any atom is 0.329 e. The summed E-state index contributed by atoms with van der Waals surface area (Å²) in [6, 6.07) is 0. The van der Waals surface area contributed by atoms with Crippen LogP contribution in [0, 0.1) is 10.1 Å². The molecule has 0 aliphatic carbocycles. The van der Waals surface area contributed by atoms with E-state index >= 15 is 0 Å². The molecule has 2 aromatic rings. The Bertz CT molecular complexity index is 737. The van der Waals surface area contributed by atoms with E-state index in [2.05, 4.69) is 24.2 Å². The number of aryl methyl sites for hydroxylation is 1. The van der Waals surface area contributed by atoms with Crippen molar-refractivity contribution in [1.29, 1.82) is 0 Å². The maximum atomic E-state index is 10.8. The minimum absolute atomic E-state index is 0.109. The van der Waals surface area contributed by atoms with Gasteiger partial charge in [0.05, 0.1) is 4.92 Å². The molecule has 3 heterocycles. The number of nitrogens with two attached hydrogens (primary N) is 1. The summed E-state index contributed by atoms with van der Waals surface area (Å²) >= 11 is 1.41. The predicted octanol–water partition coefficient (Wildman–Crippen LogP) is 1.10. The van der Waals surface area contributed by atoms with Gasteiger partial charge in [0.15, 0.2) is 0 Å². The maximum absolute atomic E-state index is 10.8. The highest BCUT2D eigenvalue weighted by Gasteiger charge is 2.22. The molecule has 1 fully saturated rings. The van der Waals surface area contributed by atoms with Gasteiger partial charge in [0.1, 0.15) is 12.0 Å². The van der Waals surface area contributed by atoms with Gasteiger partial charge < -0.3 is 15.5 Å². The van der Waals surface area contributed by atoms with Crippen LogP contribution in [0.2, 0.25) is 0 Å².